The number of rotatable bonds is 5. The average Bonchev–Trinajstić information content (AvgIpc) is 2.25. The highest BCUT2D eigenvalue weighted by Gasteiger charge is 2.03. The minimum atomic E-state index is -0.0902. The number of para-hydroxylation sites is 1. The van der Waals surface area contributed by atoms with Gasteiger partial charge in [-0.15, -0.1) is 0 Å². The van der Waals surface area contributed by atoms with Gasteiger partial charge in [0.25, 0.3) is 5.91 Å². The van der Waals surface area contributed by atoms with Gasteiger partial charge in [-0.05, 0) is 34.5 Å². The van der Waals surface area contributed by atoms with Gasteiger partial charge in [-0.2, -0.15) is 0 Å². The summed E-state index contributed by atoms with van der Waals surface area (Å²) >= 11 is 3.34. The van der Waals surface area contributed by atoms with Crippen molar-refractivity contribution in [1.82, 2.24) is 5.32 Å². The minimum Gasteiger partial charge on any atom is -0.483 e. The third kappa shape index (κ3) is 4.34. The number of carbonyl (C=O) groups is 1. The Balaban J connectivity index is 2.37. The number of benzene rings is 1. The molecule has 1 rings (SSSR count). The van der Waals surface area contributed by atoms with Crippen molar-refractivity contribution in [1.29, 1.82) is 0 Å². The van der Waals surface area contributed by atoms with Crippen molar-refractivity contribution in [3.05, 3.63) is 28.7 Å². The second kappa shape index (κ2) is 6.45. The van der Waals surface area contributed by atoms with Crippen molar-refractivity contribution in [2.45, 2.75) is 13.3 Å². The molecule has 4 heteroatoms. The molecule has 0 aliphatic carbocycles. The molecule has 1 amide bonds. The summed E-state index contributed by atoms with van der Waals surface area (Å²) in [5.74, 6) is 0.594. The molecular formula is C11H14BrNO2. The molecule has 0 aromatic heterocycles. The second-order valence-electron chi connectivity index (χ2n) is 3.07. The molecule has 0 spiro atoms. The van der Waals surface area contributed by atoms with Crippen LogP contribution in [-0.2, 0) is 4.79 Å². The zero-order valence-electron chi connectivity index (χ0n) is 8.63. The molecule has 0 bridgehead atoms. The summed E-state index contributed by atoms with van der Waals surface area (Å²) in [4.78, 5) is 11.2. The van der Waals surface area contributed by atoms with Gasteiger partial charge in [0.1, 0.15) is 5.75 Å². The van der Waals surface area contributed by atoms with E-state index in [2.05, 4.69) is 21.2 Å². The Bertz CT molecular complexity index is 328. The maximum atomic E-state index is 11.2. The third-order valence-corrected chi connectivity index (χ3v) is 2.42. The first-order valence-corrected chi connectivity index (χ1v) is 5.67. The summed E-state index contributed by atoms with van der Waals surface area (Å²) in [6.45, 7) is 2.76. The van der Waals surface area contributed by atoms with Crippen LogP contribution in [0.15, 0.2) is 28.7 Å². The van der Waals surface area contributed by atoms with E-state index in [1.165, 1.54) is 0 Å². The van der Waals surface area contributed by atoms with E-state index in [4.69, 9.17) is 4.74 Å². The molecule has 0 aliphatic heterocycles. The van der Waals surface area contributed by atoms with Gasteiger partial charge in [-0.1, -0.05) is 19.1 Å². The van der Waals surface area contributed by atoms with Crippen molar-refractivity contribution in [3.8, 4) is 5.75 Å². The van der Waals surface area contributed by atoms with Crippen LogP contribution in [0.3, 0.4) is 0 Å². The smallest absolute Gasteiger partial charge is 0.257 e. The molecule has 0 unspecified atom stereocenters. The maximum Gasteiger partial charge on any atom is 0.257 e. The van der Waals surface area contributed by atoms with Gasteiger partial charge in [-0.25, -0.2) is 0 Å². The lowest BCUT2D eigenvalue weighted by atomic mass is 10.3. The summed E-state index contributed by atoms with van der Waals surface area (Å²) in [5, 5.41) is 2.74. The topological polar surface area (TPSA) is 38.3 Å². The van der Waals surface area contributed by atoms with E-state index in [9.17, 15) is 4.79 Å². The first-order valence-electron chi connectivity index (χ1n) is 4.88. The van der Waals surface area contributed by atoms with E-state index in [0.29, 0.717) is 12.3 Å². The van der Waals surface area contributed by atoms with Crippen LogP contribution in [0.5, 0.6) is 5.75 Å². The Labute approximate surface area is 97.9 Å². The van der Waals surface area contributed by atoms with Crippen LogP contribution in [-0.4, -0.2) is 19.1 Å². The standard InChI is InChI=1S/C11H14BrNO2/c1-2-7-13-11(14)8-15-10-6-4-3-5-9(10)12/h3-6H,2,7-8H2,1H3,(H,13,14). The van der Waals surface area contributed by atoms with Gasteiger partial charge in [-0.3, -0.25) is 4.79 Å². The van der Waals surface area contributed by atoms with Crippen LogP contribution < -0.4 is 10.1 Å². The summed E-state index contributed by atoms with van der Waals surface area (Å²) in [6, 6.07) is 7.45. The van der Waals surface area contributed by atoms with Gasteiger partial charge in [0.15, 0.2) is 6.61 Å². The van der Waals surface area contributed by atoms with Crippen molar-refractivity contribution in [3.63, 3.8) is 0 Å². The number of carbonyl (C=O) groups excluding carboxylic acids is 1. The number of hydrogen-bond acceptors (Lipinski definition) is 2. The molecule has 3 nitrogen and oxygen atoms in total. The highest BCUT2D eigenvalue weighted by Crippen LogP contribution is 2.23. The number of ether oxygens (including phenoxy) is 1. The molecule has 82 valence electrons. The van der Waals surface area contributed by atoms with E-state index in [0.717, 1.165) is 10.9 Å². The molecule has 0 fully saturated rings. The van der Waals surface area contributed by atoms with E-state index in [-0.39, 0.29) is 12.5 Å². The Morgan fingerprint density at radius 3 is 2.87 bits per heavy atom. The van der Waals surface area contributed by atoms with Crippen LogP contribution in [0.1, 0.15) is 13.3 Å². The Morgan fingerprint density at radius 1 is 1.47 bits per heavy atom. The van der Waals surface area contributed by atoms with Gasteiger partial charge in [0.05, 0.1) is 4.47 Å². The highest BCUT2D eigenvalue weighted by molar-refractivity contribution is 9.10. The minimum absolute atomic E-state index is 0.0581. The predicted molar refractivity (Wildman–Crippen MR) is 62.9 cm³/mol. The van der Waals surface area contributed by atoms with Crippen LogP contribution in [0.2, 0.25) is 0 Å². The van der Waals surface area contributed by atoms with E-state index in [1.807, 2.05) is 31.2 Å². The molecule has 0 atom stereocenters. The monoisotopic (exact) mass is 271 g/mol. The van der Waals surface area contributed by atoms with Gasteiger partial charge in [0, 0.05) is 6.54 Å². The summed E-state index contributed by atoms with van der Waals surface area (Å²) in [5.41, 5.74) is 0. The fourth-order valence-corrected chi connectivity index (χ4v) is 1.42. The Kier molecular flexibility index (Phi) is 5.18. The molecule has 0 aliphatic rings. The maximum absolute atomic E-state index is 11.2. The third-order valence-electron chi connectivity index (χ3n) is 1.77. The fourth-order valence-electron chi connectivity index (χ4n) is 1.02. The molecule has 0 saturated carbocycles. The second-order valence-corrected chi connectivity index (χ2v) is 3.92. The molecule has 0 saturated heterocycles. The molecule has 15 heavy (non-hydrogen) atoms. The molecule has 0 heterocycles. The summed E-state index contributed by atoms with van der Waals surface area (Å²) < 4.78 is 6.19. The predicted octanol–water partition coefficient (Wildman–Crippen LogP) is 2.35. The van der Waals surface area contributed by atoms with E-state index >= 15 is 0 Å². The van der Waals surface area contributed by atoms with Crippen molar-refractivity contribution in [2.75, 3.05) is 13.2 Å². The quantitative estimate of drug-likeness (QED) is 0.893. The number of nitrogens with one attached hydrogen (secondary N) is 1. The molecule has 1 aromatic carbocycles. The number of hydrogen-bond donors (Lipinski definition) is 1. The van der Waals surface area contributed by atoms with E-state index < -0.39 is 0 Å². The lowest BCUT2D eigenvalue weighted by molar-refractivity contribution is -0.123. The SMILES string of the molecule is CCCNC(=O)COc1ccccc1Br. The van der Waals surface area contributed by atoms with Gasteiger partial charge < -0.3 is 10.1 Å². The Hall–Kier alpha value is -1.03. The molecule has 1 N–H and O–H groups in total. The molecule has 1 aromatic rings. The number of amides is 1. The zero-order chi connectivity index (χ0) is 11.1. The van der Waals surface area contributed by atoms with Crippen LogP contribution in [0, 0.1) is 0 Å². The zero-order valence-corrected chi connectivity index (χ0v) is 10.2. The van der Waals surface area contributed by atoms with Crippen molar-refractivity contribution in [2.24, 2.45) is 0 Å². The van der Waals surface area contributed by atoms with Crippen LogP contribution in [0.4, 0.5) is 0 Å². The highest BCUT2D eigenvalue weighted by atomic mass is 79.9. The Morgan fingerprint density at radius 2 is 2.20 bits per heavy atom. The lowest BCUT2D eigenvalue weighted by Gasteiger charge is -2.07. The fraction of sp³-hybridized carbons (Fsp3) is 0.364. The number of halogens is 1. The van der Waals surface area contributed by atoms with E-state index in [1.54, 1.807) is 0 Å². The first kappa shape index (κ1) is 12.0. The summed E-state index contributed by atoms with van der Waals surface area (Å²) in [6.07, 6.45) is 0.931. The normalized spacial score (nSPS) is 9.73. The van der Waals surface area contributed by atoms with Crippen molar-refractivity contribution >= 4 is 21.8 Å². The lowest BCUT2D eigenvalue weighted by Crippen LogP contribution is -2.29. The largest absolute Gasteiger partial charge is 0.483 e. The van der Waals surface area contributed by atoms with Crippen LogP contribution >= 0.6 is 15.9 Å². The van der Waals surface area contributed by atoms with Crippen molar-refractivity contribution < 1.29 is 9.53 Å². The van der Waals surface area contributed by atoms with Gasteiger partial charge in [0.2, 0.25) is 0 Å². The average molecular weight is 272 g/mol. The van der Waals surface area contributed by atoms with Gasteiger partial charge >= 0.3 is 0 Å². The van der Waals surface area contributed by atoms with Crippen LogP contribution in [0.25, 0.3) is 0 Å². The first-order chi connectivity index (χ1) is 7.24. The molecular weight excluding hydrogens is 258 g/mol. The molecule has 0 radical (unpaired) electrons. The summed E-state index contributed by atoms with van der Waals surface area (Å²) in [7, 11) is 0.